The van der Waals surface area contributed by atoms with E-state index >= 15 is 0 Å². The molecule has 0 N–H and O–H groups in total. The third kappa shape index (κ3) is 2.58. The van der Waals surface area contributed by atoms with E-state index in [1.165, 1.54) is 0 Å². The lowest BCUT2D eigenvalue weighted by Crippen LogP contribution is -2.61. The summed E-state index contributed by atoms with van der Waals surface area (Å²) in [5, 5.41) is 0. The molecular weight excluding hydrogens is 259 g/mol. The van der Waals surface area contributed by atoms with Gasteiger partial charge < -0.3 is 14.5 Å². The highest BCUT2D eigenvalue weighted by Crippen LogP contribution is 2.35. The van der Waals surface area contributed by atoms with Gasteiger partial charge in [-0.25, -0.2) is 4.39 Å². The molecule has 2 aliphatic heterocycles. The molecule has 4 nitrogen and oxygen atoms in total. The number of hydrogen-bond acceptors (Lipinski definition) is 3. The Hall–Kier alpha value is -0.680. The Kier molecular flexibility index (Phi) is 4.00. The quantitative estimate of drug-likeness (QED) is 0.766. The van der Waals surface area contributed by atoms with E-state index in [0.29, 0.717) is 18.8 Å². The lowest BCUT2D eigenvalue weighted by molar-refractivity contribution is -0.153. The van der Waals surface area contributed by atoms with E-state index in [0.717, 1.165) is 32.5 Å². The zero-order valence-electron chi connectivity index (χ0n) is 12.4. The van der Waals surface area contributed by atoms with Crippen molar-refractivity contribution in [2.24, 2.45) is 11.8 Å². The first-order valence-electron chi connectivity index (χ1n) is 7.77. The molecular formula is C15H25FN2O2. The van der Waals surface area contributed by atoms with Crippen LogP contribution in [-0.2, 0) is 9.53 Å². The van der Waals surface area contributed by atoms with Crippen LogP contribution in [0.4, 0.5) is 4.39 Å². The number of carbonyl (C=O) groups excluding carboxylic acids is 1. The molecule has 20 heavy (non-hydrogen) atoms. The number of likely N-dealkylation sites (tertiary alicyclic amines) is 1. The zero-order chi connectivity index (χ0) is 14.3. The Morgan fingerprint density at radius 3 is 2.70 bits per heavy atom. The van der Waals surface area contributed by atoms with Crippen molar-refractivity contribution < 1.29 is 13.9 Å². The average Bonchev–Trinajstić information content (AvgIpc) is 2.41. The number of fused-ring (bicyclic) bond motifs is 1. The van der Waals surface area contributed by atoms with Crippen LogP contribution < -0.4 is 0 Å². The first-order chi connectivity index (χ1) is 9.56. The van der Waals surface area contributed by atoms with Gasteiger partial charge in [0.25, 0.3) is 0 Å². The van der Waals surface area contributed by atoms with E-state index in [-0.39, 0.29) is 24.0 Å². The summed E-state index contributed by atoms with van der Waals surface area (Å²) in [6, 6.07) is 0.263. The second-order valence-electron chi connectivity index (χ2n) is 6.78. The van der Waals surface area contributed by atoms with Crippen LogP contribution >= 0.6 is 0 Å². The summed E-state index contributed by atoms with van der Waals surface area (Å²) in [7, 11) is 4.10. The number of carbonyl (C=O) groups is 1. The maximum Gasteiger partial charge on any atom is 0.225 e. The monoisotopic (exact) mass is 284 g/mol. The largest absolute Gasteiger partial charge is 0.376 e. The topological polar surface area (TPSA) is 32.8 Å². The zero-order valence-corrected chi connectivity index (χ0v) is 12.4. The SMILES string of the molecule is CN(C)[C@@H]1CN(C(=O)C2CC(F)C2)C[C@@H]2CCCO[C@@H]21. The molecule has 0 aromatic rings. The molecule has 3 aliphatic rings. The Labute approximate surface area is 120 Å². The molecule has 3 rings (SSSR count). The highest BCUT2D eigenvalue weighted by Gasteiger charge is 2.44. The van der Waals surface area contributed by atoms with Crippen LogP contribution in [0, 0.1) is 11.8 Å². The number of halogens is 1. The number of likely N-dealkylation sites (N-methyl/N-ethyl adjacent to an activating group) is 1. The first kappa shape index (κ1) is 14.3. The van der Waals surface area contributed by atoms with Gasteiger partial charge in [0, 0.05) is 31.5 Å². The minimum atomic E-state index is -0.760. The molecule has 3 atom stereocenters. The van der Waals surface area contributed by atoms with Gasteiger partial charge in [0.2, 0.25) is 5.91 Å². The molecule has 3 fully saturated rings. The fraction of sp³-hybridized carbons (Fsp3) is 0.933. The van der Waals surface area contributed by atoms with Crippen LogP contribution in [0.1, 0.15) is 25.7 Å². The number of ether oxygens (including phenoxy) is 1. The second kappa shape index (κ2) is 5.60. The van der Waals surface area contributed by atoms with Gasteiger partial charge in [-0.3, -0.25) is 4.79 Å². The van der Waals surface area contributed by atoms with Gasteiger partial charge in [0.05, 0.1) is 12.1 Å². The van der Waals surface area contributed by atoms with Gasteiger partial charge in [0.1, 0.15) is 6.17 Å². The van der Waals surface area contributed by atoms with Crippen molar-refractivity contribution in [1.29, 1.82) is 0 Å². The van der Waals surface area contributed by atoms with Crippen LogP contribution in [0.15, 0.2) is 0 Å². The average molecular weight is 284 g/mol. The predicted molar refractivity (Wildman–Crippen MR) is 74.1 cm³/mol. The van der Waals surface area contributed by atoms with Crippen molar-refractivity contribution in [2.75, 3.05) is 33.8 Å². The molecule has 1 amide bonds. The Bertz CT molecular complexity index is 371. The summed E-state index contributed by atoms with van der Waals surface area (Å²) < 4.78 is 18.9. The highest BCUT2D eigenvalue weighted by molar-refractivity contribution is 5.80. The van der Waals surface area contributed by atoms with E-state index in [4.69, 9.17) is 4.74 Å². The maximum absolute atomic E-state index is 13.0. The molecule has 0 spiro atoms. The molecule has 0 bridgehead atoms. The van der Waals surface area contributed by atoms with E-state index in [1.807, 2.05) is 4.90 Å². The fourth-order valence-electron chi connectivity index (χ4n) is 3.82. The maximum atomic E-state index is 13.0. The third-order valence-corrected chi connectivity index (χ3v) is 5.14. The van der Waals surface area contributed by atoms with Crippen LogP contribution in [0.5, 0.6) is 0 Å². The fourth-order valence-corrected chi connectivity index (χ4v) is 3.82. The minimum absolute atomic E-state index is 0.0751. The second-order valence-corrected chi connectivity index (χ2v) is 6.78. The molecule has 1 saturated carbocycles. The normalized spacial score (nSPS) is 41.2. The van der Waals surface area contributed by atoms with E-state index in [9.17, 15) is 9.18 Å². The number of alkyl halides is 1. The van der Waals surface area contributed by atoms with Gasteiger partial charge in [-0.2, -0.15) is 0 Å². The van der Waals surface area contributed by atoms with E-state index in [1.54, 1.807) is 0 Å². The first-order valence-corrected chi connectivity index (χ1v) is 7.77. The number of rotatable bonds is 2. The number of hydrogen-bond donors (Lipinski definition) is 0. The van der Waals surface area contributed by atoms with Gasteiger partial charge >= 0.3 is 0 Å². The third-order valence-electron chi connectivity index (χ3n) is 5.14. The molecule has 114 valence electrons. The summed E-state index contributed by atoms with van der Waals surface area (Å²) in [5.74, 6) is 0.527. The smallest absolute Gasteiger partial charge is 0.225 e. The summed E-state index contributed by atoms with van der Waals surface area (Å²) in [6.07, 6.45) is 2.55. The number of piperidine rings is 1. The van der Waals surface area contributed by atoms with Crippen molar-refractivity contribution in [3.8, 4) is 0 Å². The van der Waals surface area contributed by atoms with Crippen LogP contribution in [0.2, 0.25) is 0 Å². The molecule has 0 aromatic heterocycles. The summed E-state index contributed by atoms with van der Waals surface area (Å²) >= 11 is 0. The van der Waals surface area contributed by atoms with Gasteiger partial charge in [-0.1, -0.05) is 0 Å². The molecule has 5 heteroatoms. The van der Waals surface area contributed by atoms with Crippen molar-refractivity contribution in [3.05, 3.63) is 0 Å². The Morgan fingerprint density at radius 2 is 2.05 bits per heavy atom. The predicted octanol–water partition coefficient (Wildman–Crippen LogP) is 1.30. The van der Waals surface area contributed by atoms with Gasteiger partial charge in [-0.15, -0.1) is 0 Å². The van der Waals surface area contributed by atoms with Crippen LogP contribution in [-0.4, -0.2) is 67.8 Å². The lowest BCUT2D eigenvalue weighted by atomic mass is 9.80. The van der Waals surface area contributed by atoms with Crippen LogP contribution in [0.25, 0.3) is 0 Å². The molecule has 2 heterocycles. The van der Waals surface area contributed by atoms with E-state index < -0.39 is 6.17 Å². The number of amides is 1. The van der Waals surface area contributed by atoms with Gasteiger partial charge in [-0.05, 0) is 39.8 Å². The Balaban J connectivity index is 1.68. The van der Waals surface area contributed by atoms with Crippen molar-refractivity contribution in [1.82, 2.24) is 9.80 Å². The summed E-state index contributed by atoms with van der Waals surface area (Å²) in [4.78, 5) is 16.6. The molecule has 1 aliphatic carbocycles. The highest BCUT2D eigenvalue weighted by atomic mass is 19.1. The Morgan fingerprint density at radius 1 is 1.30 bits per heavy atom. The van der Waals surface area contributed by atoms with Crippen LogP contribution in [0.3, 0.4) is 0 Å². The van der Waals surface area contributed by atoms with Crippen molar-refractivity contribution >= 4 is 5.91 Å². The molecule has 0 unspecified atom stereocenters. The van der Waals surface area contributed by atoms with Gasteiger partial charge in [0.15, 0.2) is 0 Å². The molecule has 2 saturated heterocycles. The standard InChI is InChI=1S/C15H25FN2O2/c1-17(2)13-9-18(15(19)11-6-12(16)7-11)8-10-4-3-5-20-14(10)13/h10-14H,3-9H2,1-2H3/t10-,11?,12?,13+,14-/m0/s1. The summed E-state index contributed by atoms with van der Waals surface area (Å²) in [6.45, 7) is 2.35. The summed E-state index contributed by atoms with van der Waals surface area (Å²) in [5.41, 5.74) is 0. The minimum Gasteiger partial charge on any atom is -0.376 e. The van der Waals surface area contributed by atoms with Crippen molar-refractivity contribution in [3.63, 3.8) is 0 Å². The van der Waals surface area contributed by atoms with Crippen molar-refractivity contribution in [2.45, 2.75) is 44.0 Å². The molecule has 0 aromatic carbocycles. The lowest BCUT2D eigenvalue weighted by Gasteiger charge is -2.49. The molecule has 0 radical (unpaired) electrons. The number of nitrogens with zero attached hydrogens (tertiary/aromatic N) is 2. The van der Waals surface area contributed by atoms with E-state index in [2.05, 4.69) is 19.0 Å².